The number of anilines is 1. The number of carbonyl (C=O) groups excluding carboxylic acids is 2. The highest BCUT2D eigenvalue weighted by Gasteiger charge is 2.31. The SMILES string of the molecule is O=C(NCC1CC(=O)N(c2ccc(-n3ccccc3=O)cc2)C1)c1cc2ccc(Cl)cc2s1. The van der Waals surface area contributed by atoms with E-state index in [1.807, 2.05) is 48.5 Å². The number of hydrogen-bond acceptors (Lipinski definition) is 4. The van der Waals surface area contributed by atoms with Crippen molar-refractivity contribution in [3.05, 3.63) is 93.2 Å². The molecule has 33 heavy (non-hydrogen) atoms. The second-order valence-electron chi connectivity index (χ2n) is 8.00. The maximum Gasteiger partial charge on any atom is 0.261 e. The number of pyridine rings is 1. The summed E-state index contributed by atoms with van der Waals surface area (Å²) in [5, 5.41) is 4.59. The molecule has 5 rings (SSSR count). The Morgan fingerprint density at radius 1 is 1.03 bits per heavy atom. The molecular weight excluding hydrogens is 458 g/mol. The zero-order chi connectivity index (χ0) is 22.9. The van der Waals surface area contributed by atoms with Crippen LogP contribution in [0.3, 0.4) is 0 Å². The lowest BCUT2D eigenvalue weighted by Crippen LogP contribution is -2.30. The first kappa shape index (κ1) is 21.4. The minimum atomic E-state index is -0.143. The van der Waals surface area contributed by atoms with Crippen molar-refractivity contribution in [1.29, 1.82) is 0 Å². The number of nitrogens with zero attached hydrogens (tertiary/aromatic N) is 2. The number of rotatable bonds is 5. The van der Waals surface area contributed by atoms with Crippen LogP contribution in [0.25, 0.3) is 15.8 Å². The van der Waals surface area contributed by atoms with E-state index >= 15 is 0 Å². The van der Waals surface area contributed by atoms with Crippen molar-refractivity contribution < 1.29 is 9.59 Å². The summed E-state index contributed by atoms with van der Waals surface area (Å²) < 4.78 is 2.52. The van der Waals surface area contributed by atoms with E-state index in [0.717, 1.165) is 21.5 Å². The average Bonchev–Trinajstić information content (AvgIpc) is 3.41. The number of halogens is 1. The maximum absolute atomic E-state index is 12.6. The van der Waals surface area contributed by atoms with Gasteiger partial charge in [0.05, 0.1) is 4.88 Å². The predicted octanol–water partition coefficient (Wildman–Crippen LogP) is 4.49. The van der Waals surface area contributed by atoms with Crippen LogP contribution >= 0.6 is 22.9 Å². The van der Waals surface area contributed by atoms with E-state index in [1.165, 1.54) is 17.4 Å². The lowest BCUT2D eigenvalue weighted by Gasteiger charge is -2.17. The van der Waals surface area contributed by atoms with Crippen molar-refractivity contribution in [2.45, 2.75) is 6.42 Å². The summed E-state index contributed by atoms with van der Waals surface area (Å²) in [6.07, 6.45) is 2.09. The second kappa shape index (κ2) is 8.84. The summed E-state index contributed by atoms with van der Waals surface area (Å²) in [4.78, 5) is 39.6. The Bertz CT molecular complexity index is 1410. The van der Waals surface area contributed by atoms with E-state index in [9.17, 15) is 14.4 Å². The predicted molar refractivity (Wildman–Crippen MR) is 132 cm³/mol. The van der Waals surface area contributed by atoms with Gasteiger partial charge in [0.15, 0.2) is 0 Å². The number of aromatic nitrogens is 1. The van der Waals surface area contributed by atoms with Crippen molar-refractivity contribution >= 4 is 50.5 Å². The molecule has 0 spiro atoms. The number of benzene rings is 2. The third-order valence-electron chi connectivity index (χ3n) is 5.72. The highest BCUT2D eigenvalue weighted by Crippen LogP contribution is 2.29. The standard InChI is InChI=1S/C25H20ClN3O3S/c26-18-5-4-17-12-22(33-21(17)13-18)25(32)27-14-16-11-24(31)29(15-16)20-8-6-19(7-9-20)28-10-2-1-3-23(28)30/h1-10,12-13,16H,11,14-15H2,(H,27,32). The third-order valence-corrected chi connectivity index (χ3v) is 7.06. The Morgan fingerprint density at radius 2 is 1.82 bits per heavy atom. The smallest absolute Gasteiger partial charge is 0.261 e. The van der Waals surface area contributed by atoms with Crippen molar-refractivity contribution in [3.8, 4) is 5.69 Å². The lowest BCUT2D eigenvalue weighted by molar-refractivity contribution is -0.117. The molecule has 166 valence electrons. The fraction of sp³-hybridized carbons (Fsp3) is 0.160. The quantitative estimate of drug-likeness (QED) is 0.460. The van der Waals surface area contributed by atoms with Gasteiger partial charge in [-0.25, -0.2) is 0 Å². The molecule has 3 heterocycles. The fourth-order valence-electron chi connectivity index (χ4n) is 4.04. The summed E-state index contributed by atoms with van der Waals surface area (Å²) in [7, 11) is 0. The van der Waals surface area contributed by atoms with Crippen LogP contribution in [0.2, 0.25) is 5.02 Å². The van der Waals surface area contributed by atoms with Crippen LogP contribution in [0.4, 0.5) is 5.69 Å². The Hall–Kier alpha value is -3.42. The second-order valence-corrected chi connectivity index (χ2v) is 9.52. The Balaban J connectivity index is 1.22. The van der Waals surface area contributed by atoms with Gasteiger partial charge < -0.3 is 10.2 Å². The van der Waals surface area contributed by atoms with Gasteiger partial charge in [0.25, 0.3) is 11.5 Å². The molecule has 0 radical (unpaired) electrons. The van der Waals surface area contributed by atoms with Crippen LogP contribution in [0.5, 0.6) is 0 Å². The van der Waals surface area contributed by atoms with Crippen LogP contribution in [0.15, 0.2) is 77.7 Å². The maximum atomic E-state index is 12.6. The molecule has 1 N–H and O–H groups in total. The molecule has 0 saturated carbocycles. The normalized spacial score (nSPS) is 15.8. The molecule has 8 heteroatoms. The molecule has 4 aromatic rings. The Morgan fingerprint density at radius 3 is 2.61 bits per heavy atom. The summed E-state index contributed by atoms with van der Waals surface area (Å²) >= 11 is 7.44. The van der Waals surface area contributed by atoms with Gasteiger partial charge in [0.2, 0.25) is 5.91 Å². The molecule has 1 unspecified atom stereocenters. The van der Waals surface area contributed by atoms with Crippen molar-refractivity contribution in [1.82, 2.24) is 9.88 Å². The van der Waals surface area contributed by atoms with E-state index in [-0.39, 0.29) is 23.3 Å². The van der Waals surface area contributed by atoms with E-state index in [1.54, 1.807) is 27.8 Å². The topological polar surface area (TPSA) is 71.4 Å². The summed E-state index contributed by atoms with van der Waals surface area (Å²) in [6, 6.07) is 19.8. The number of hydrogen-bond donors (Lipinski definition) is 1. The van der Waals surface area contributed by atoms with Crippen LogP contribution in [-0.4, -0.2) is 29.5 Å². The molecule has 1 fully saturated rings. The van der Waals surface area contributed by atoms with E-state index in [2.05, 4.69) is 5.32 Å². The van der Waals surface area contributed by atoms with Crippen LogP contribution in [-0.2, 0) is 4.79 Å². The van der Waals surface area contributed by atoms with Crippen molar-refractivity contribution in [2.75, 3.05) is 18.0 Å². The molecule has 1 saturated heterocycles. The first-order chi connectivity index (χ1) is 16.0. The molecule has 1 atom stereocenters. The zero-order valence-electron chi connectivity index (χ0n) is 17.5. The number of nitrogens with one attached hydrogen (secondary N) is 1. The number of thiophene rings is 1. The van der Waals surface area contributed by atoms with Gasteiger partial charge >= 0.3 is 0 Å². The van der Waals surface area contributed by atoms with E-state index < -0.39 is 0 Å². The molecule has 1 aliphatic heterocycles. The molecule has 0 bridgehead atoms. The molecule has 1 aliphatic rings. The highest BCUT2D eigenvalue weighted by molar-refractivity contribution is 7.20. The zero-order valence-corrected chi connectivity index (χ0v) is 19.1. The van der Waals surface area contributed by atoms with Gasteiger partial charge in [0.1, 0.15) is 0 Å². The summed E-state index contributed by atoms with van der Waals surface area (Å²) in [5.74, 6) is -0.0899. The van der Waals surface area contributed by atoms with Gasteiger partial charge in [-0.2, -0.15) is 0 Å². The minimum Gasteiger partial charge on any atom is -0.351 e. The third kappa shape index (κ3) is 4.42. The molecular formula is C25H20ClN3O3S. The first-order valence-corrected chi connectivity index (χ1v) is 11.7. The molecule has 2 amide bonds. The monoisotopic (exact) mass is 477 g/mol. The van der Waals surface area contributed by atoms with Gasteiger partial charge in [-0.05, 0) is 53.9 Å². The van der Waals surface area contributed by atoms with Gasteiger partial charge in [0, 0.05) is 58.8 Å². The fourth-order valence-corrected chi connectivity index (χ4v) is 5.30. The van der Waals surface area contributed by atoms with Crippen LogP contribution < -0.4 is 15.8 Å². The van der Waals surface area contributed by atoms with Crippen LogP contribution in [0.1, 0.15) is 16.1 Å². The lowest BCUT2D eigenvalue weighted by atomic mass is 10.1. The number of fused-ring (bicyclic) bond motifs is 1. The van der Waals surface area contributed by atoms with Gasteiger partial charge in [-0.1, -0.05) is 23.7 Å². The molecule has 6 nitrogen and oxygen atoms in total. The minimum absolute atomic E-state index is 0.0235. The van der Waals surface area contributed by atoms with Gasteiger partial charge in [-0.15, -0.1) is 11.3 Å². The first-order valence-electron chi connectivity index (χ1n) is 10.5. The largest absolute Gasteiger partial charge is 0.351 e. The average molecular weight is 478 g/mol. The summed E-state index contributed by atoms with van der Waals surface area (Å²) in [5.41, 5.74) is 1.41. The van der Waals surface area contributed by atoms with Crippen molar-refractivity contribution in [2.24, 2.45) is 5.92 Å². The number of amides is 2. The Labute approximate surface area is 199 Å². The van der Waals surface area contributed by atoms with E-state index in [0.29, 0.717) is 29.4 Å². The van der Waals surface area contributed by atoms with Crippen LogP contribution in [0, 0.1) is 5.92 Å². The van der Waals surface area contributed by atoms with E-state index in [4.69, 9.17) is 11.6 Å². The van der Waals surface area contributed by atoms with Crippen molar-refractivity contribution in [3.63, 3.8) is 0 Å². The highest BCUT2D eigenvalue weighted by atomic mass is 35.5. The molecule has 2 aromatic heterocycles. The number of carbonyl (C=O) groups is 2. The Kier molecular flexibility index (Phi) is 5.74. The molecule has 2 aromatic carbocycles. The van der Waals surface area contributed by atoms with Gasteiger partial charge in [-0.3, -0.25) is 19.0 Å². The summed E-state index contributed by atoms with van der Waals surface area (Å²) in [6.45, 7) is 0.958. The molecule has 0 aliphatic carbocycles.